The molecule has 0 radical (unpaired) electrons. The third-order valence-corrected chi connectivity index (χ3v) is 2.64. The molecule has 0 unspecified atom stereocenters. The van der Waals surface area contributed by atoms with Gasteiger partial charge in [0.15, 0.2) is 0 Å². The molecule has 0 saturated carbocycles. The summed E-state index contributed by atoms with van der Waals surface area (Å²) in [6.45, 7) is 7.52. The molecule has 1 aliphatic heterocycles. The summed E-state index contributed by atoms with van der Waals surface area (Å²) in [5, 5.41) is 8.87. The number of hydrogen-bond donors (Lipinski definition) is 0. The zero-order valence-corrected chi connectivity index (χ0v) is 9.54. The van der Waals surface area contributed by atoms with E-state index < -0.39 is 5.91 Å². The van der Waals surface area contributed by atoms with Crippen LogP contribution in [0.4, 0.5) is 0 Å². The van der Waals surface area contributed by atoms with Crippen molar-refractivity contribution in [2.45, 2.75) is 26.7 Å². The standard InChI is InChI=1S/C12H14N2O2/c1-4-5-6-14-11(15)9(3)8(2)10(7-13)12(14)16/h3-6H2,1-2H3. The summed E-state index contributed by atoms with van der Waals surface area (Å²) < 4.78 is 0. The van der Waals surface area contributed by atoms with Gasteiger partial charge in [0.2, 0.25) is 0 Å². The van der Waals surface area contributed by atoms with Crippen LogP contribution in [0.3, 0.4) is 0 Å². The molecule has 1 heterocycles. The van der Waals surface area contributed by atoms with Crippen molar-refractivity contribution in [2.24, 2.45) is 0 Å². The Bertz CT molecular complexity index is 427. The molecule has 0 saturated heterocycles. The molecule has 1 rings (SSSR count). The molecular weight excluding hydrogens is 204 g/mol. The molecular formula is C12H14N2O2. The smallest absolute Gasteiger partial charge is 0.271 e. The lowest BCUT2D eigenvalue weighted by atomic mass is 9.96. The van der Waals surface area contributed by atoms with Gasteiger partial charge in [-0.05, 0) is 18.9 Å². The van der Waals surface area contributed by atoms with Gasteiger partial charge in [-0.3, -0.25) is 14.5 Å². The second-order valence-electron chi connectivity index (χ2n) is 3.71. The lowest BCUT2D eigenvalue weighted by Crippen LogP contribution is -2.42. The molecule has 0 fully saturated rings. The van der Waals surface area contributed by atoms with Crippen LogP contribution in [0, 0.1) is 11.3 Å². The zero-order valence-electron chi connectivity index (χ0n) is 9.54. The average molecular weight is 218 g/mol. The molecule has 0 aromatic heterocycles. The van der Waals surface area contributed by atoms with Crippen LogP contribution >= 0.6 is 0 Å². The molecule has 0 aliphatic carbocycles. The molecule has 0 aromatic carbocycles. The molecule has 0 spiro atoms. The number of nitrogens with zero attached hydrogens (tertiary/aromatic N) is 2. The molecule has 16 heavy (non-hydrogen) atoms. The van der Waals surface area contributed by atoms with Crippen LogP contribution in [0.15, 0.2) is 23.3 Å². The fourth-order valence-electron chi connectivity index (χ4n) is 1.51. The Balaban J connectivity index is 3.09. The van der Waals surface area contributed by atoms with E-state index in [2.05, 4.69) is 6.58 Å². The van der Waals surface area contributed by atoms with Gasteiger partial charge in [0, 0.05) is 12.1 Å². The Morgan fingerprint density at radius 2 is 2.00 bits per heavy atom. The van der Waals surface area contributed by atoms with Crippen molar-refractivity contribution in [1.29, 1.82) is 5.26 Å². The minimum atomic E-state index is -0.495. The summed E-state index contributed by atoms with van der Waals surface area (Å²) in [5.41, 5.74) is 0.665. The molecule has 0 bridgehead atoms. The van der Waals surface area contributed by atoms with Crippen LogP contribution in [0.1, 0.15) is 26.7 Å². The van der Waals surface area contributed by atoms with E-state index in [9.17, 15) is 9.59 Å². The molecule has 0 atom stereocenters. The van der Waals surface area contributed by atoms with E-state index in [0.717, 1.165) is 17.7 Å². The van der Waals surface area contributed by atoms with Gasteiger partial charge in [0.25, 0.3) is 11.8 Å². The molecule has 0 N–H and O–H groups in total. The van der Waals surface area contributed by atoms with E-state index in [1.54, 1.807) is 6.92 Å². The van der Waals surface area contributed by atoms with E-state index in [4.69, 9.17) is 5.26 Å². The molecule has 4 heteroatoms. The number of imide groups is 1. The first-order valence-electron chi connectivity index (χ1n) is 5.21. The highest BCUT2D eigenvalue weighted by Crippen LogP contribution is 2.23. The lowest BCUT2D eigenvalue weighted by Gasteiger charge is -2.26. The largest absolute Gasteiger partial charge is 0.274 e. The fraction of sp³-hybridized carbons (Fsp3) is 0.417. The minimum Gasteiger partial charge on any atom is -0.274 e. The second kappa shape index (κ2) is 4.75. The van der Waals surface area contributed by atoms with E-state index in [0.29, 0.717) is 12.1 Å². The molecule has 0 aromatic rings. The maximum Gasteiger partial charge on any atom is 0.271 e. The predicted octanol–water partition coefficient (Wildman–Crippen LogP) is 1.55. The third-order valence-electron chi connectivity index (χ3n) is 2.64. The monoisotopic (exact) mass is 218 g/mol. The molecule has 2 amide bonds. The first-order chi connectivity index (χ1) is 7.54. The van der Waals surface area contributed by atoms with Crippen LogP contribution in [-0.4, -0.2) is 23.3 Å². The van der Waals surface area contributed by atoms with Crippen molar-refractivity contribution in [3.8, 4) is 6.07 Å². The maximum atomic E-state index is 11.8. The highest BCUT2D eigenvalue weighted by Gasteiger charge is 2.33. The van der Waals surface area contributed by atoms with Crippen LogP contribution in [0.2, 0.25) is 0 Å². The number of rotatable bonds is 3. The van der Waals surface area contributed by atoms with Crippen LogP contribution in [0.5, 0.6) is 0 Å². The Morgan fingerprint density at radius 3 is 2.50 bits per heavy atom. The summed E-state index contributed by atoms with van der Waals surface area (Å²) in [7, 11) is 0. The van der Waals surface area contributed by atoms with Gasteiger partial charge < -0.3 is 0 Å². The summed E-state index contributed by atoms with van der Waals surface area (Å²) in [6, 6.07) is 1.84. The average Bonchev–Trinajstić information content (AvgIpc) is 2.27. The van der Waals surface area contributed by atoms with Gasteiger partial charge in [0.05, 0.1) is 0 Å². The van der Waals surface area contributed by atoms with E-state index in [1.807, 2.05) is 13.0 Å². The molecule has 1 aliphatic rings. The first kappa shape index (κ1) is 12.2. The first-order valence-corrected chi connectivity index (χ1v) is 5.21. The normalized spacial score (nSPS) is 16.8. The summed E-state index contributed by atoms with van der Waals surface area (Å²) in [6.07, 6.45) is 1.62. The van der Waals surface area contributed by atoms with Gasteiger partial charge in [0.1, 0.15) is 11.6 Å². The van der Waals surface area contributed by atoms with Gasteiger partial charge >= 0.3 is 0 Å². The third kappa shape index (κ3) is 1.89. The number of amides is 2. The highest BCUT2D eigenvalue weighted by molar-refractivity contribution is 6.17. The van der Waals surface area contributed by atoms with Crippen molar-refractivity contribution in [1.82, 2.24) is 4.90 Å². The Morgan fingerprint density at radius 1 is 1.38 bits per heavy atom. The van der Waals surface area contributed by atoms with Crippen molar-refractivity contribution < 1.29 is 9.59 Å². The van der Waals surface area contributed by atoms with Gasteiger partial charge in [-0.25, -0.2) is 0 Å². The second-order valence-corrected chi connectivity index (χ2v) is 3.71. The summed E-state index contributed by atoms with van der Waals surface area (Å²) >= 11 is 0. The van der Waals surface area contributed by atoms with E-state index in [1.165, 1.54) is 0 Å². The number of nitriles is 1. The summed E-state index contributed by atoms with van der Waals surface area (Å²) in [5.74, 6) is -0.874. The minimum absolute atomic E-state index is 0.0284. The van der Waals surface area contributed by atoms with Gasteiger partial charge in [-0.1, -0.05) is 19.9 Å². The van der Waals surface area contributed by atoms with Crippen LogP contribution in [-0.2, 0) is 9.59 Å². The van der Waals surface area contributed by atoms with Crippen LogP contribution in [0.25, 0.3) is 0 Å². The molecule has 84 valence electrons. The van der Waals surface area contributed by atoms with Crippen LogP contribution < -0.4 is 0 Å². The number of carbonyl (C=O) groups is 2. The highest BCUT2D eigenvalue weighted by atomic mass is 16.2. The quantitative estimate of drug-likeness (QED) is 0.533. The van der Waals surface area contributed by atoms with Crippen molar-refractivity contribution in [3.05, 3.63) is 23.3 Å². The van der Waals surface area contributed by atoms with E-state index >= 15 is 0 Å². The SMILES string of the molecule is C=C1C(=O)N(CCCC)C(=O)C(C#N)=C1C. The number of carbonyl (C=O) groups excluding carboxylic acids is 2. The van der Waals surface area contributed by atoms with Crippen molar-refractivity contribution >= 4 is 11.8 Å². The molecule has 4 nitrogen and oxygen atoms in total. The number of hydrogen-bond acceptors (Lipinski definition) is 3. The summed E-state index contributed by atoms with van der Waals surface area (Å²) in [4.78, 5) is 24.7. The number of unbranched alkanes of at least 4 members (excludes halogenated alkanes) is 1. The maximum absolute atomic E-state index is 11.8. The van der Waals surface area contributed by atoms with Gasteiger partial charge in [-0.15, -0.1) is 0 Å². The predicted molar refractivity (Wildman–Crippen MR) is 59.1 cm³/mol. The van der Waals surface area contributed by atoms with Gasteiger partial charge in [-0.2, -0.15) is 5.26 Å². The Labute approximate surface area is 94.8 Å². The van der Waals surface area contributed by atoms with E-state index in [-0.39, 0.29) is 17.1 Å². The fourth-order valence-corrected chi connectivity index (χ4v) is 1.51. The zero-order chi connectivity index (χ0) is 12.3. The topological polar surface area (TPSA) is 61.2 Å². The lowest BCUT2D eigenvalue weighted by molar-refractivity contribution is -0.140. The van der Waals surface area contributed by atoms with Crippen molar-refractivity contribution in [3.63, 3.8) is 0 Å². The Hall–Kier alpha value is -1.89. The Kier molecular flexibility index (Phi) is 3.62. The van der Waals surface area contributed by atoms with Crippen molar-refractivity contribution in [2.75, 3.05) is 6.54 Å².